The van der Waals surface area contributed by atoms with Crippen LogP contribution in [0.25, 0.3) is 21.8 Å². The normalized spacial score (nSPS) is 11.2. The Morgan fingerprint density at radius 3 is 2.57 bits per heavy atom. The van der Waals surface area contributed by atoms with Crippen molar-refractivity contribution in [3.05, 3.63) is 71.0 Å². The quantitative estimate of drug-likeness (QED) is 0.491. The molecule has 0 amide bonds. The molecule has 5 heteroatoms. The van der Waals surface area contributed by atoms with Crippen molar-refractivity contribution < 1.29 is 14.6 Å². The van der Waals surface area contributed by atoms with E-state index in [1.165, 1.54) is 0 Å². The number of rotatable bonds is 6. The number of aromatic amines is 1. The van der Waals surface area contributed by atoms with Crippen LogP contribution in [0.15, 0.2) is 48.5 Å². The van der Waals surface area contributed by atoms with Crippen LogP contribution >= 0.6 is 0 Å². The summed E-state index contributed by atoms with van der Waals surface area (Å²) >= 11 is 0. The Hall–Kier alpha value is -3.34. The number of benzene rings is 2. The first-order valence-electron chi connectivity index (χ1n) is 9.49. The first-order chi connectivity index (χ1) is 13.6. The van der Waals surface area contributed by atoms with Gasteiger partial charge in [-0.25, -0.2) is 9.78 Å². The summed E-state index contributed by atoms with van der Waals surface area (Å²) < 4.78 is 5.98. The second-order valence-electron chi connectivity index (χ2n) is 6.75. The number of pyridine rings is 1. The number of nitrogens with one attached hydrogen (secondary N) is 1. The van der Waals surface area contributed by atoms with Crippen molar-refractivity contribution in [2.45, 2.75) is 33.3 Å². The van der Waals surface area contributed by atoms with E-state index in [2.05, 4.69) is 9.97 Å². The van der Waals surface area contributed by atoms with Gasteiger partial charge in [0.25, 0.3) is 0 Å². The van der Waals surface area contributed by atoms with Gasteiger partial charge in [-0.2, -0.15) is 0 Å². The minimum Gasteiger partial charge on any atom is -0.489 e. The van der Waals surface area contributed by atoms with E-state index in [4.69, 9.17) is 4.74 Å². The molecule has 5 nitrogen and oxygen atoms in total. The average Bonchev–Trinajstić information content (AvgIpc) is 3.10. The van der Waals surface area contributed by atoms with Gasteiger partial charge in [0.05, 0.1) is 11.2 Å². The van der Waals surface area contributed by atoms with E-state index in [1.54, 1.807) is 0 Å². The molecule has 0 radical (unpaired) electrons. The lowest BCUT2D eigenvalue weighted by atomic mass is 10.0. The van der Waals surface area contributed by atoms with Crippen molar-refractivity contribution in [1.29, 1.82) is 0 Å². The third-order valence-electron chi connectivity index (χ3n) is 5.03. The smallest absolute Gasteiger partial charge is 0.354 e. The zero-order valence-corrected chi connectivity index (χ0v) is 16.0. The van der Waals surface area contributed by atoms with E-state index >= 15 is 0 Å². The first kappa shape index (κ1) is 18.0. The number of aromatic carboxylic acids is 1. The molecular formula is C23H22N2O3. The molecular weight excluding hydrogens is 352 g/mol. The molecule has 0 saturated carbocycles. The number of carboxylic acids is 1. The first-order valence-corrected chi connectivity index (χ1v) is 9.49. The van der Waals surface area contributed by atoms with Crippen LogP contribution in [-0.4, -0.2) is 21.0 Å². The monoisotopic (exact) mass is 374 g/mol. The molecule has 0 aliphatic carbocycles. The van der Waals surface area contributed by atoms with Gasteiger partial charge in [0.1, 0.15) is 12.4 Å². The SMILES string of the molecule is CCc1nc(C(=O)O)c(CC)c2c1[nH]c1ccc(OCc3ccccc3)cc12. The molecule has 0 aliphatic heterocycles. The van der Waals surface area contributed by atoms with Gasteiger partial charge in [-0.1, -0.05) is 44.2 Å². The Bertz CT molecular complexity index is 1160. The van der Waals surface area contributed by atoms with E-state index < -0.39 is 5.97 Å². The summed E-state index contributed by atoms with van der Waals surface area (Å²) in [4.78, 5) is 19.6. The number of hydrogen-bond donors (Lipinski definition) is 2. The summed E-state index contributed by atoms with van der Waals surface area (Å²) in [6.07, 6.45) is 1.25. The number of H-pyrrole nitrogens is 1. The van der Waals surface area contributed by atoms with Crippen LogP contribution in [0.5, 0.6) is 5.75 Å². The van der Waals surface area contributed by atoms with E-state index in [0.717, 1.165) is 44.4 Å². The molecule has 2 N–H and O–H groups in total. The maximum Gasteiger partial charge on any atom is 0.354 e. The summed E-state index contributed by atoms with van der Waals surface area (Å²) in [6.45, 7) is 4.43. The lowest BCUT2D eigenvalue weighted by Crippen LogP contribution is -2.08. The van der Waals surface area contributed by atoms with Crippen molar-refractivity contribution >= 4 is 27.8 Å². The van der Waals surface area contributed by atoms with Gasteiger partial charge in [-0.3, -0.25) is 0 Å². The second kappa shape index (κ2) is 7.35. The van der Waals surface area contributed by atoms with Gasteiger partial charge in [-0.15, -0.1) is 0 Å². The van der Waals surface area contributed by atoms with E-state index in [9.17, 15) is 9.90 Å². The average molecular weight is 374 g/mol. The zero-order valence-electron chi connectivity index (χ0n) is 16.0. The van der Waals surface area contributed by atoms with Crippen LogP contribution in [0.1, 0.15) is 41.2 Å². The molecule has 0 spiro atoms. The van der Waals surface area contributed by atoms with E-state index in [-0.39, 0.29) is 5.69 Å². The number of carboxylic acid groups (broad SMARTS) is 1. The molecule has 4 rings (SSSR count). The number of aryl methyl sites for hydroxylation is 2. The molecule has 0 aliphatic rings. The van der Waals surface area contributed by atoms with Crippen LogP contribution in [-0.2, 0) is 19.4 Å². The molecule has 0 bridgehead atoms. The molecule has 0 fully saturated rings. The number of fused-ring (bicyclic) bond motifs is 3. The number of carbonyl (C=O) groups is 1. The van der Waals surface area contributed by atoms with Crippen molar-refractivity contribution in [3.63, 3.8) is 0 Å². The van der Waals surface area contributed by atoms with Gasteiger partial charge >= 0.3 is 5.97 Å². The minimum absolute atomic E-state index is 0.142. The Kier molecular flexibility index (Phi) is 4.74. The zero-order chi connectivity index (χ0) is 19.7. The fourth-order valence-corrected chi connectivity index (χ4v) is 3.69. The Morgan fingerprint density at radius 2 is 1.89 bits per heavy atom. The predicted molar refractivity (Wildman–Crippen MR) is 110 cm³/mol. The standard InChI is InChI=1S/C23H22N2O3/c1-3-16-20-17-12-15(28-13-14-8-6-5-7-9-14)10-11-19(17)25-22(20)18(4-2)24-21(16)23(26)27/h5-12,25H,3-4,13H2,1-2H3,(H,26,27). The van der Waals surface area contributed by atoms with Gasteiger partial charge in [0, 0.05) is 16.3 Å². The topological polar surface area (TPSA) is 75.2 Å². The molecule has 28 heavy (non-hydrogen) atoms. The van der Waals surface area contributed by atoms with Crippen LogP contribution in [0.3, 0.4) is 0 Å². The van der Waals surface area contributed by atoms with E-state index in [0.29, 0.717) is 19.4 Å². The predicted octanol–water partition coefficient (Wildman–Crippen LogP) is 5.12. The largest absolute Gasteiger partial charge is 0.489 e. The molecule has 142 valence electrons. The highest BCUT2D eigenvalue weighted by Crippen LogP contribution is 2.34. The molecule has 0 unspecified atom stereocenters. The molecule has 0 saturated heterocycles. The molecule has 2 aromatic carbocycles. The fourth-order valence-electron chi connectivity index (χ4n) is 3.69. The maximum absolute atomic E-state index is 11.8. The summed E-state index contributed by atoms with van der Waals surface area (Å²) in [5.41, 5.74) is 4.64. The third kappa shape index (κ3) is 3.09. The summed E-state index contributed by atoms with van der Waals surface area (Å²) in [7, 11) is 0. The number of ether oxygens (including phenoxy) is 1. The van der Waals surface area contributed by atoms with Gasteiger partial charge in [0.2, 0.25) is 0 Å². The van der Waals surface area contributed by atoms with Crippen LogP contribution in [0.4, 0.5) is 0 Å². The van der Waals surface area contributed by atoms with Crippen molar-refractivity contribution in [3.8, 4) is 5.75 Å². The lowest BCUT2D eigenvalue weighted by molar-refractivity contribution is 0.0689. The second-order valence-corrected chi connectivity index (χ2v) is 6.75. The Balaban J connectivity index is 1.86. The van der Waals surface area contributed by atoms with Crippen molar-refractivity contribution in [2.24, 2.45) is 0 Å². The highest BCUT2D eigenvalue weighted by Gasteiger charge is 2.20. The van der Waals surface area contributed by atoms with Crippen LogP contribution < -0.4 is 4.74 Å². The van der Waals surface area contributed by atoms with Crippen LogP contribution in [0, 0.1) is 0 Å². The minimum atomic E-state index is -0.987. The Morgan fingerprint density at radius 1 is 1.11 bits per heavy atom. The summed E-state index contributed by atoms with van der Waals surface area (Å²) in [5.74, 6) is -0.231. The Labute approximate surface area is 163 Å². The summed E-state index contributed by atoms with van der Waals surface area (Å²) in [6, 6.07) is 15.9. The van der Waals surface area contributed by atoms with Gasteiger partial charge < -0.3 is 14.8 Å². The third-order valence-corrected chi connectivity index (χ3v) is 5.03. The number of nitrogens with zero attached hydrogens (tertiary/aromatic N) is 1. The van der Waals surface area contributed by atoms with E-state index in [1.807, 2.05) is 62.4 Å². The maximum atomic E-state index is 11.8. The van der Waals surface area contributed by atoms with Crippen LogP contribution in [0.2, 0.25) is 0 Å². The van der Waals surface area contributed by atoms with Crippen molar-refractivity contribution in [1.82, 2.24) is 9.97 Å². The highest BCUT2D eigenvalue weighted by molar-refractivity contribution is 6.12. The fraction of sp³-hybridized carbons (Fsp3) is 0.217. The summed E-state index contributed by atoms with van der Waals surface area (Å²) in [5, 5.41) is 11.6. The lowest BCUT2D eigenvalue weighted by Gasteiger charge is -2.09. The molecule has 2 aromatic heterocycles. The van der Waals surface area contributed by atoms with Gasteiger partial charge in [0.15, 0.2) is 5.69 Å². The number of hydrogen-bond acceptors (Lipinski definition) is 3. The number of aromatic nitrogens is 2. The molecule has 0 atom stereocenters. The highest BCUT2D eigenvalue weighted by atomic mass is 16.5. The molecule has 2 heterocycles. The van der Waals surface area contributed by atoms with Crippen molar-refractivity contribution in [2.75, 3.05) is 0 Å². The molecule has 4 aromatic rings. The van der Waals surface area contributed by atoms with Gasteiger partial charge in [-0.05, 0) is 42.2 Å².